The molecule has 0 heterocycles. The van der Waals surface area contributed by atoms with Crippen molar-refractivity contribution in [3.63, 3.8) is 0 Å². The molecule has 0 bridgehead atoms. The van der Waals surface area contributed by atoms with Gasteiger partial charge in [-0.3, -0.25) is 9.59 Å². The number of benzene rings is 2. The van der Waals surface area contributed by atoms with Gasteiger partial charge in [-0.25, -0.2) is 4.39 Å². The second kappa shape index (κ2) is 10.7. The van der Waals surface area contributed by atoms with Crippen LogP contribution in [0.3, 0.4) is 0 Å². The first-order chi connectivity index (χ1) is 14.4. The summed E-state index contributed by atoms with van der Waals surface area (Å²) in [4.78, 5) is 27.3. The Hall–Kier alpha value is -2.16. The second-order valence-electron chi connectivity index (χ2n) is 7.56. The van der Waals surface area contributed by atoms with Crippen molar-refractivity contribution in [1.82, 2.24) is 10.2 Å². The molecular formula is C23H26FIN2O3. The van der Waals surface area contributed by atoms with Gasteiger partial charge in [-0.15, -0.1) is 0 Å². The number of hydrogen-bond donors (Lipinski definition) is 1. The molecule has 0 spiro atoms. The molecule has 5 nitrogen and oxygen atoms in total. The van der Waals surface area contributed by atoms with Crippen LogP contribution in [0.15, 0.2) is 48.5 Å². The summed E-state index contributed by atoms with van der Waals surface area (Å²) in [7, 11) is 0. The van der Waals surface area contributed by atoms with Crippen molar-refractivity contribution in [2.75, 3.05) is 6.61 Å². The Morgan fingerprint density at radius 2 is 1.77 bits per heavy atom. The first-order valence-electron chi connectivity index (χ1n) is 10.1. The van der Waals surface area contributed by atoms with E-state index in [0.29, 0.717) is 5.75 Å². The Morgan fingerprint density at radius 3 is 2.40 bits per heavy atom. The third-order valence-electron chi connectivity index (χ3n) is 5.31. The van der Waals surface area contributed by atoms with Crippen molar-refractivity contribution in [2.45, 2.75) is 51.2 Å². The van der Waals surface area contributed by atoms with E-state index in [4.69, 9.17) is 4.74 Å². The number of nitrogens with zero attached hydrogens (tertiary/aromatic N) is 1. The smallest absolute Gasteiger partial charge is 0.261 e. The van der Waals surface area contributed by atoms with E-state index in [-0.39, 0.29) is 36.8 Å². The molecule has 0 aromatic heterocycles. The molecule has 2 amide bonds. The lowest BCUT2D eigenvalue weighted by atomic mass is 10.1. The Kier molecular flexibility index (Phi) is 8.07. The molecule has 0 aliphatic heterocycles. The fraction of sp³-hybridized carbons (Fsp3) is 0.391. The predicted molar refractivity (Wildman–Crippen MR) is 121 cm³/mol. The topological polar surface area (TPSA) is 58.6 Å². The van der Waals surface area contributed by atoms with Crippen molar-refractivity contribution in [3.8, 4) is 5.75 Å². The molecule has 30 heavy (non-hydrogen) atoms. The van der Waals surface area contributed by atoms with Gasteiger partial charge in [0, 0.05) is 16.2 Å². The lowest BCUT2D eigenvalue weighted by Crippen LogP contribution is -2.50. The molecule has 2 aromatic rings. The maximum absolute atomic E-state index is 13.3. The average Bonchev–Trinajstić information content (AvgIpc) is 3.25. The maximum atomic E-state index is 13.3. The lowest BCUT2D eigenvalue weighted by Gasteiger charge is -2.29. The van der Waals surface area contributed by atoms with Crippen molar-refractivity contribution in [3.05, 3.63) is 63.5 Å². The minimum Gasteiger partial charge on any atom is -0.484 e. The molecule has 1 N–H and O–H groups in total. The Balaban J connectivity index is 1.69. The minimum absolute atomic E-state index is 0.172. The highest BCUT2D eigenvalue weighted by molar-refractivity contribution is 14.1. The molecule has 1 aliphatic carbocycles. The van der Waals surface area contributed by atoms with Crippen LogP contribution in [0.1, 0.15) is 38.2 Å². The number of ether oxygens (including phenoxy) is 1. The van der Waals surface area contributed by atoms with Crippen molar-refractivity contribution in [2.24, 2.45) is 0 Å². The van der Waals surface area contributed by atoms with Gasteiger partial charge < -0.3 is 15.0 Å². The van der Waals surface area contributed by atoms with Crippen molar-refractivity contribution in [1.29, 1.82) is 0 Å². The fourth-order valence-electron chi connectivity index (χ4n) is 3.52. The molecule has 0 radical (unpaired) electrons. The Labute approximate surface area is 190 Å². The number of carbonyl (C=O) groups is 2. The van der Waals surface area contributed by atoms with Crippen LogP contribution in [0, 0.1) is 9.39 Å². The maximum Gasteiger partial charge on any atom is 0.261 e. The summed E-state index contributed by atoms with van der Waals surface area (Å²) in [6.45, 7) is 1.74. The van der Waals surface area contributed by atoms with Gasteiger partial charge in [-0.05, 0) is 84.3 Å². The molecule has 3 rings (SSSR count). The van der Waals surface area contributed by atoms with E-state index in [9.17, 15) is 14.0 Å². The van der Waals surface area contributed by atoms with Gasteiger partial charge in [-0.2, -0.15) is 0 Å². The van der Waals surface area contributed by atoms with Crippen LogP contribution < -0.4 is 10.1 Å². The minimum atomic E-state index is -0.663. The van der Waals surface area contributed by atoms with Crippen LogP contribution in [0.5, 0.6) is 5.75 Å². The van der Waals surface area contributed by atoms with Gasteiger partial charge in [-0.1, -0.05) is 25.0 Å². The summed E-state index contributed by atoms with van der Waals surface area (Å²) in [6, 6.07) is 12.9. The molecule has 2 aromatic carbocycles. The largest absolute Gasteiger partial charge is 0.484 e. The van der Waals surface area contributed by atoms with E-state index >= 15 is 0 Å². The summed E-state index contributed by atoms with van der Waals surface area (Å²) in [5.74, 6) is -0.224. The molecular weight excluding hydrogens is 498 g/mol. The molecule has 7 heteroatoms. The summed E-state index contributed by atoms with van der Waals surface area (Å²) in [5, 5.41) is 3.05. The van der Waals surface area contributed by atoms with E-state index in [0.717, 1.165) is 34.8 Å². The van der Waals surface area contributed by atoms with Gasteiger partial charge in [0.15, 0.2) is 6.61 Å². The molecule has 160 valence electrons. The summed E-state index contributed by atoms with van der Waals surface area (Å²) in [6.07, 6.45) is 4.17. The van der Waals surface area contributed by atoms with Gasteiger partial charge in [0.05, 0.1) is 0 Å². The van der Waals surface area contributed by atoms with Crippen LogP contribution in [0.2, 0.25) is 0 Å². The third-order valence-corrected chi connectivity index (χ3v) is 6.03. The van der Waals surface area contributed by atoms with E-state index in [2.05, 4.69) is 27.9 Å². The summed E-state index contributed by atoms with van der Waals surface area (Å²) >= 11 is 2.20. The van der Waals surface area contributed by atoms with E-state index in [1.807, 2.05) is 12.1 Å². The van der Waals surface area contributed by atoms with Crippen LogP contribution in [0.25, 0.3) is 0 Å². The number of carbonyl (C=O) groups excluding carboxylic acids is 2. The third kappa shape index (κ3) is 6.42. The van der Waals surface area contributed by atoms with Crippen LogP contribution in [0.4, 0.5) is 4.39 Å². The van der Waals surface area contributed by atoms with Crippen LogP contribution in [-0.2, 0) is 16.1 Å². The summed E-state index contributed by atoms with van der Waals surface area (Å²) in [5.41, 5.74) is 0.750. The summed E-state index contributed by atoms with van der Waals surface area (Å²) < 4.78 is 20.0. The molecule has 1 saturated carbocycles. The lowest BCUT2D eigenvalue weighted by molar-refractivity contribution is -0.142. The van der Waals surface area contributed by atoms with Gasteiger partial charge in [0.1, 0.15) is 17.6 Å². The zero-order chi connectivity index (χ0) is 21.5. The van der Waals surface area contributed by atoms with Crippen molar-refractivity contribution < 1.29 is 18.7 Å². The average molecular weight is 524 g/mol. The van der Waals surface area contributed by atoms with E-state index in [1.165, 1.54) is 17.0 Å². The number of halogens is 2. The molecule has 0 unspecified atom stereocenters. The van der Waals surface area contributed by atoms with Crippen LogP contribution in [-0.4, -0.2) is 35.4 Å². The highest BCUT2D eigenvalue weighted by Gasteiger charge is 2.28. The normalized spacial score (nSPS) is 14.9. The Bertz CT molecular complexity index is 852. The highest BCUT2D eigenvalue weighted by atomic mass is 127. The SMILES string of the molecule is C[C@H](C(=O)NC1CCCC1)N(Cc1ccc(F)cc1)C(=O)COc1ccc(I)cc1. The monoisotopic (exact) mass is 524 g/mol. The molecule has 0 saturated heterocycles. The second-order valence-corrected chi connectivity index (χ2v) is 8.80. The number of rotatable bonds is 8. The van der Waals surface area contributed by atoms with Crippen LogP contribution >= 0.6 is 22.6 Å². The van der Waals surface area contributed by atoms with Gasteiger partial charge in [0.25, 0.3) is 5.91 Å². The number of hydrogen-bond acceptors (Lipinski definition) is 3. The van der Waals surface area contributed by atoms with E-state index < -0.39 is 6.04 Å². The first-order valence-corrected chi connectivity index (χ1v) is 11.2. The molecule has 1 fully saturated rings. The molecule has 1 atom stereocenters. The highest BCUT2D eigenvalue weighted by Crippen LogP contribution is 2.19. The van der Waals surface area contributed by atoms with E-state index in [1.54, 1.807) is 31.2 Å². The first kappa shape index (κ1) is 22.5. The van der Waals surface area contributed by atoms with Crippen molar-refractivity contribution >= 4 is 34.4 Å². The zero-order valence-corrected chi connectivity index (χ0v) is 19.1. The predicted octanol–water partition coefficient (Wildman–Crippen LogP) is 4.29. The standard InChI is InChI=1S/C23H26FIN2O3/c1-16(23(29)26-20-4-2-3-5-20)27(14-17-6-8-18(24)9-7-17)22(28)15-30-21-12-10-19(25)11-13-21/h6-13,16,20H,2-5,14-15H2,1H3,(H,26,29)/t16-/m1/s1. The van der Waals surface area contributed by atoms with Gasteiger partial charge in [0.2, 0.25) is 5.91 Å². The zero-order valence-electron chi connectivity index (χ0n) is 16.9. The fourth-order valence-corrected chi connectivity index (χ4v) is 3.88. The quantitative estimate of drug-likeness (QED) is 0.525. The molecule has 1 aliphatic rings. The number of nitrogens with one attached hydrogen (secondary N) is 1. The number of amides is 2. The Morgan fingerprint density at radius 1 is 1.13 bits per heavy atom. The van der Waals surface area contributed by atoms with Gasteiger partial charge >= 0.3 is 0 Å².